The van der Waals surface area contributed by atoms with E-state index in [1.807, 2.05) is 6.07 Å². The molecule has 2 rings (SSSR count). The summed E-state index contributed by atoms with van der Waals surface area (Å²) in [5.41, 5.74) is 0.994. The fourth-order valence-corrected chi connectivity index (χ4v) is 2.46. The van der Waals surface area contributed by atoms with E-state index in [-0.39, 0.29) is 16.4 Å². The summed E-state index contributed by atoms with van der Waals surface area (Å²) in [5.74, 6) is -0.349. The summed E-state index contributed by atoms with van der Waals surface area (Å²) in [6.07, 6.45) is 1.05. The Morgan fingerprint density at radius 3 is 2.89 bits per heavy atom. The Hall–Kier alpha value is -0.800. The second-order valence-electron chi connectivity index (χ2n) is 5.37. The van der Waals surface area contributed by atoms with Gasteiger partial charge in [-0.15, -0.1) is 0 Å². The van der Waals surface area contributed by atoms with Gasteiger partial charge in [0.2, 0.25) is 0 Å². The van der Waals surface area contributed by atoms with Crippen LogP contribution in [0, 0.1) is 5.82 Å². The summed E-state index contributed by atoms with van der Waals surface area (Å²) in [6.45, 7) is 8.32. The molecule has 0 saturated carbocycles. The van der Waals surface area contributed by atoms with Crippen LogP contribution in [0.25, 0.3) is 0 Å². The SMILES string of the molecule is CCC1(C)CN(c2ccc(Cl)c(F)c2)C(C)CN1. The third kappa shape index (κ3) is 2.62. The lowest BCUT2D eigenvalue weighted by Crippen LogP contribution is -2.62. The number of anilines is 1. The van der Waals surface area contributed by atoms with Gasteiger partial charge in [-0.25, -0.2) is 4.39 Å². The zero-order valence-electron chi connectivity index (χ0n) is 11.1. The fourth-order valence-electron chi connectivity index (χ4n) is 2.34. The Labute approximate surface area is 113 Å². The molecule has 1 aromatic rings. The third-order valence-corrected chi connectivity index (χ3v) is 4.20. The first kappa shape index (κ1) is 13.6. The molecule has 100 valence electrons. The molecule has 0 aliphatic carbocycles. The summed E-state index contributed by atoms with van der Waals surface area (Å²) in [5, 5.41) is 3.74. The van der Waals surface area contributed by atoms with Crippen molar-refractivity contribution in [1.82, 2.24) is 5.32 Å². The molecular weight excluding hydrogens is 251 g/mol. The highest BCUT2D eigenvalue weighted by molar-refractivity contribution is 6.30. The van der Waals surface area contributed by atoms with E-state index < -0.39 is 0 Å². The van der Waals surface area contributed by atoms with Gasteiger partial charge in [0.05, 0.1) is 5.02 Å². The summed E-state index contributed by atoms with van der Waals surface area (Å²) < 4.78 is 13.6. The first-order chi connectivity index (χ1) is 8.45. The van der Waals surface area contributed by atoms with Gasteiger partial charge in [0.15, 0.2) is 0 Å². The van der Waals surface area contributed by atoms with Crippen LogP contribution < -0.4 is 10.2 Å². The number of halogens is 2. The van der Waals surface area contributed by atoms with E-state index >= 15 is 0 Å². The number of nitrogens with zero attached hydrogens (tertiary/aromatic N) is 1. The normalized spacial score (nSPS) is 28.5. The topological polar surface area (TPSA) is 15.3 Å². The minimum absolute atomic E-state index is 0.0859. The van der Waals surface area contributed by atoms with Crippen molar-refractivity contribution in [2.75, 3.05) is 18.0 Å². The molecule has 0 spiro atoms. The van der Waals surface area contributed by atoms with Gasteiger partial charge in [-0.05, 0) is 38.5 Å². The third-order valence-electron chi connectivity index (χ3n) is 3.89. The molecule has 18 heavy (non-hydrogen) atoms. The molecule has 2 unspecified atom stereocenters. The van der Waals surface area contributed by atoms with Crippen LogP contribution in [-0.2, 0) is 0 Å². The Balaban J connectivity index is 2.27. The first-order valence-corrected chi connectivity index (χ1v) is 6.80. The summed E-state index contributed by atoms with van der Waals surface area (Å²) >= 11 is 5.73. The predicted molar refractivity (Wildman–Crippen MR) is 74.9 cm³/mol. The van der Waals surface area contributed by atoms with E-state index in [0.717, 1.165) is 25.2 Å². The monoisotopic (exact) mass is 270 g/mol. The van der Waals surface area contributed by atoms with Gasteiger partial charge in [-0.2, -0.15) is 0 Å². The van der Waals surface area contributed by atoms with Gasteiger partial charge < -0.3 is 10.2 Å². The Morgan fingerprint density at radius 1 is 1.56 bits per heavy atom. The maximum absolute atomic E-state index is 13.6. The Morgan fingerprint density at radius 2 is 2.28 bits per heavy atom. The van der Waals surface area contributed by atoms with Gasteiger partial charge in [0.25, 0.3) is 0 Å². The molecule has 1 aromatic carbocycles. The van der Waals surface area contributed by atoms with Crippen molar-refractivity contribution >= 4 is 17.3 Å². The molecule has 0 bridgehead atoms. The number of nitrogens with one attached hydrogen (secondary N) is 1. The fraction of sp³-hybridized carbons (Fsp3) is 0.571. The standard InChI is InChI=1S/C14H20ClFN2/c1-4-14(3)9-18(10(2)8-17-14)11-5-6-12(15)13(16)7-11/h5-7,10,17H,4,8-9H2,1-3H3. The van der Waals surface area contributed by atoms with Crippen LogP contribution in [0.4, 0.5) is 10.1 Å². The largest absolute Gasteiger partial charge is 0.366 e. The van der Waals surface area contributed by atoms with E-state index in [4.69, 9.17) is 11.6 Å². The van der Waals surface area contributed by atoms with E-state index in [1.165, 1.54) is 6.07 Å². The number of piperazine rings is 1. The highest BCUT2D eigenvalue weighted by Crippen LogP contribution is 2.27. The maximum Gasteiger partial charge on any atom is 0.143 e. The van der Waals surface area contributed by atoms with Gasteiger partial charge >= 0.3 is 0 Å². The quantitative estimate of drug-likeness (QED) is 0.886. The van der Waals surface area contributed by atoms with Gasteiger partial charge in [-0.3, -0.25) is 0 Å². The molecule has 2 nitrogen and oxygen atoms in total. The molecule has 1 aliphatic rings. The van der Waals surface area contributed by atoms with Crippen molar-refractivity contribution in [3.8, 4) is 0 Å². The average Bonchev–Trinajstić information content (AvgIpc) is 2.36. The van der Waals surface area contributed by atoms with Crippen molar-refractivity contribution in [3.05, 3.63) is 29.0 Å². The molecule has 4 heteroatoms. The molecule has 0 aromatic heterocycles. The second kappa shape index (κ2) is 5.06. The maximum atomic E-state index is 13.6. The van der Waals surface area contributed by atoms with Crippen LogP contribution in [-0.4, -0.2) is 24.7 Å². The van der Waals surface area contributed by atoms with Gasteiger partial charge in [0.1, 0.15) is 5.82 Å². The van der Waals surface area contributed by atoms with Gasteiger partial charge in [0, 0.05) is 30.4 Å². The highest BCUT2D eigenvalue weighted by atomic mass is 35.5. The van der Waals surface area contributed by atoms with Gasteiger partial charge in [-0.1, -0.05) is 18.5 Å². The van der Waals surface area contributed by atoms with Crippen molar-refractivity contribution < 1.29 is 4.39 Å². The molecular formula is C14H20ClFN2. The summed E-state index contributed by atoms with van der Waals surface area (Å²) in [4.78, 5) is 2.25. The van der Waals surface area contributed by atoms with Crippen LogP contribution in [0.5, 0.6) is 0 Å². The lowest BCUT2D eigenvalue weighted by atomic mass is 9.93. The van der Waals surface area contributed by atoms with E-state index in [2.05, 4.69) is 31.0 Å². The first-order valence-electron chi connectivity index (χ1n) is 6.42. The lowest BCUT2D eigenvalue weighted by Gasteiger charge is -2.46. The molecule has 0 radical (unpaired) electrons. The van der Waals surface area contributed by atoms with E-state index in [1.54, 1.807) is 6.07 Å². The molecule has 2 atom stereocenters. The number of hydrogen-bond donors (Lipinski definition) is 1. The molecule has 1 N–H and O–H groups in total. The van der Waals surface area contributed by atoms with Crippen molar-refractivity contribution in [1.29, 1.82) is 0 Å². The Bertz CT molecular complexity index is 438. The molecule has 1 aliphatic heterocycles. The lowest BCUT2D eigenvalue weighted by molar-refractivity contribution is 0.285. The van der Waals surface area contributed by atoms with E-state index in [9.17, 15) is 4.39 Å². The molecule has 1 heterocycles. The zero-order chi connectivity index (χ0) is 13.3. The van der Waals surface area contributed by atoms with Crippen LogP contribution >= 0.6 is 11.6 Å². The number of hydrogen-bond acceptors (Lipinski definition) is 2. The summed E-state index contributed by atoms with van der Waals surface area (Å²) in [7, 11) is 0. The minimum atomic E-state index is -0.349. The van der Waals surface area contributed by atoms with Crippen molar-refractivity contribution in [2.24, 2.45) is 0 Å². The highest BCUT2D eigenvalue weighted by Gasteiger charge is 2.32. The number of rotatable bonds is 2. The minimum Gasteiger partial charge on any atom is -0.366 e. The summed E-state index contributed by atoms with van der Waals surface area (Å²) in [6, 6.07) is 5.40. The molecule has 1 fully saturated rings. The Kier molecular flexibility index (Phi) is 3.83. The second-order valence-corrected chi connectivity index (χ2v) is 5.78. The van der Waals surface area contributed by atoms with Crippen molar-refractivity contribution in [3.63, 3.8) is 0 Å². The zero-order valence-corrected chi connectivity index (χ0v) is 11.9. The number of benzene rings is 1. The average molecular weight is 271 g/mol. The molecule has 1 saturated heterocycles. The van der Waals surface area contributed by atoms with Crippen LogP contribution in [0.1, 0.15) is 27.2 Å². The smallest absolute Gasteiger partial charge is 0.143 e. The predicted octanol–water partition coefficient (Wildman–Crippen LogP) is 3.45. The van der Waals surface area contributed by atoms with Crippen molar-refractivity contribution in [2.45, 2.75) is 38.8 Å². The van der Waals surface area contributed by atoms with Crippen LogP contribution in [0.2, 0.25) is 5.02 Å². The van der Waals surface area contributed by atoms with Crippen LogP contribution in [0.3, 0.4) is 0 Å². The molecule has 0 amide bonds. The van der Waals surface area contributed by atoms with Crippen LogP contribution in [0.15, 0.2) is 18.2 Å². The van der Waals surface area contributed by atoms with E-state index in [0.29, 0.717) is 6.04 Å².